The first-order valence-electron chi connectivity index (χ1n) is 7.50. The highest BCUT2D eigenvalue weighted by molar-refractivity contribution is 5.61. The average Bonchev–Trinajstić information content (AvgIpc) is 2.49. The lowest BCUT2D eigenvalue weighted by Crippen LogP contribution is -2.14. The second-order valence-corrected chi connectivity index (χ2v) is 5.29. The molecule has 0 saturated carbocycles. The summed E-state index contributed by atoms with van der Waals surface area (Å²) in [5.74, 6) is 6.37. The SMILES string of the molecule is CCCCC#CC(OC(=O)OCC(C)C)c1ccccc1. The Morgan fingerprint density at radius 3 is 2.57 bits per heavy atom. The number of carbonyl (C=O) groups is 1. The van der Waals surface area contributed by atoms with Gasteiger partial charge in [-0.3, -0.25) is 0 Å². The number of rotatable bonds is 6. The number of unbranched alkanes of at least 4 members (excludes halogenated alkanes) is 2. The van der Waals surface area contributed by atoms with Crippen molar-refractivity contribution in [2.24, 2.45) is 5.92 Å². The summed E-state index contributed by atoms with van der Waals surface area (Å²) in [5, 5.41) is 0. The van der Waals surface area contributed by atoms with Gasteiger partial charge in [0.15, 0.2) is 6.10 Å². The first kappa shape index (κ1) is 17.1. The predicted molar refractivity (Wildman–Crippen MR) is 83.8 cm³/mol. The van der Waals surface area contributed by atoms with Crippen molar-refractivity contribution in [1.29, 1.82) is 0 Å². The molecule has 0 fully saturated rings. The van der Waals surface area contributed by atoms with Gasteiger partial charge >= 0.3 is 6.16 Å². The number of hydrogen-bond donors (Lipinski definition) is 0. The third-order valence-electron chi connectivity index (χ3n) is 2.74. The van der Waals surface area contributed by atoms with E-state index in [2.05, 4.69) is 18.8 Å². The van der Waals surface area contributed by atoms with Crippen molar-refractivity contribution in [2.45, 2.75) is 46.1 Å². The van der Waals surface area contributed by atoms with Crippen LogP contribution in [0.4, 0.5) is 4.79 Å². The topological polar surface area (TPSA) is 35.5 Å². The van der Waals surface area contributed by atoms with E-state index in [1.807, 2.05) is 44.2 Å². The summed E-state index contributed by atoms with van der Waals surface area (Å²) in [6.07, 6.45) is 1.73. The van der Waals surface area contributed by atoms with Crippen molar-refractivity contribution in [3.8, 4) is 11.8 Å². The Morgan fingerprint density at radius 2 is 1.95 bits per heavy atom. The van der Waals surface area contributed by atoms with Gasteiger partial charge < -0.3 is 9.47 Å². The molecule has 0 N–H and O–H groups in total. The Balaban J connectivity index is 2.68. The van der Waals surface area contributed by atoms with E-state index in [0.717, 1.165) is 24.8 Å². The molecule has 1 aromatic carbocycles. The van der Waals surface area contributed by atoms with Gasteiger partial charge in [-0.25, -0.2) is 4.79 Å². The Labute approximate surface area is 127 Å². The molecule has 0 bridgehead atoms. The number of hydrogen-bond acceptors (Lipinski definition) is 3. The van der Waals surface area contributed by atoms with Crippen molar-refractivity contribution in [3.05, 3.63) is 35.9 Å². The Bertz CT molecular complexity index is 468. The third kappa shape index (κ3) is 7.41. The fourth-order valence-electron chi connectivity index (χ4n) is 1.60. The first-order valence-corrected chi connectivity index (χ1v) is 7.50. The van der Waals surface area contributed by atoms with E-state index < -0.39 is 12.3 Å². The number of ether oxygens (including phenoxy) is 2. The highest BCUT2D eigenvalue weighted by Gasteiger charge is 2.15. The zero-order chi connectivity index (χ0) is 15.5. The Kier molecular flexibility index (Phi) is 8.04. The van der Waals surface area contributed by atoms with Crippen LogP contribution in [0.1, 0.15) is 51.7 Å². The van der Waals surface area contributed by atoms with Crippen LogP contribution in [0, 0.1) is 17.8 Å². The molecule has 21 heavy (non-hydrogen) atoms. The number of benzene rings is 1. The van der Waals surface area contributed by atoms with E-state index in [1.165, 1.54) is 0 Å². The number of carbonyl (C=O) groups excluding carboxylic acids is 1. The van der Waals surface area contributed by atoms with E-state index in [-0.39, 0.29) is 5.92 Å². The lowest BCUT2D eigenvalue weighted by Gasteiger charge is -2.13. The van der Waals surface area contributed by atoms with Crippen LogP contribution in [0.2, 0.25) is 0 Å². The van der Waals surface area contributed by atoms with Crippen LogP contribution in [0.3, 0.4) is 0 Å². The van der Waals surface area contributed by atoms with E-state index >= 15 is 0 Å². The molecule has 1 unspecified atom stereocenters. The normalized spacial score (nSPS) is 11.4. The zero-order valence-corrected chi connectivity index (χ0v) is 13.1. The molecule has 0 saturated heterocycles. The smallest absolute Gasteiger partial charge is 0.434 e. The van der Waals surface area contributed by atoms with Gasteiger partial charge in [-0.1, -0.05) is 69.4 Å². The summed E-state index contributed by atoms with van der Waals surface area (Å²) >= 11 is 0. The molecule has 114 valence electrons. The highest BCUT2D eigenvalue weighted by Crippen LogP contribution is 2.17. The van der Waals surface area contributed by atoms with Gasteiger partial charge in [0, 0.05) is 12.0 Å². The van der Waals surface area contributed by atoms with E-state index in [9.17, 15) is 4.79 Å². The quantitative estimate of drug-likeness (QED) is 0.431. The molecular formula is C18H24O3. The molecule has 1 aromatic rings. The van der Waals surface area contributed by atoms with Crippen molar-refractivity contribution in [2.75, 3.05) is 6.61 Å². The van der Waals surface area contributed by atoms with Crippen molar-refractivity contribution in [1.82, 2.24) is 0 Å². The molecular weight excluding hydrogens is 264 g/mol. The molecule has 0 radical (unpaired) electrons. The van der Waals surface area contributed by atoms with Crippen LogP contribution in [0.15, 0.2) is 30.3 Å². The monoisotopic (exact) mass is 288 g/mol. The van der Waals surface area contributed by atoms with Crippen molar-refractivity contribution in [3.63, 3.8) is 0 Å². The lowest BCUT2D eigenvalue weighted by molar-refractivity contribution is 0.0325. The molecule has 1 rings (SSSR count). The maximum atomic E-state index is 11.7. The molecule has 0 spiro atoms. The minimum atomic E-state index is -0.664. The summed E-state index contributed by atoms with van der Waals surface area (Å²) in [6, 6.07) is 9.52. The minimum absolute atomic E-state index is 0.281. The van der Waals surface area contributed by atoms with Gasteiger partial charge in [-0.15, -0.1) is 0 Å². The summed E-state index contributed by atoms with van der Waals surface area (Å²) in [5.41, 5.74) is 0.864. The van der Waals surface area contributed by atoms with Crippen LogP contribution >= 0.6 is 0 Å². The maximum Gasteiger partial charge on any atom is 0.509 e. The van der Waals surface area contributed by atoms with E-state index in [4.69, 9.17) is 9.47 Å². The molecule has 1 atom stereocenters. The zero-order valence-electron chi connectivity index (χ0n) is 13.1. The molecule has 0 aliphatic heterocycles. The first-order chi connectivity index (χ1) is 10.1. The minimum Gasteiger partial charge on any atom is -0.434 e. The van der Waals surface area contributed by atoms with Gasteiger partial charge in [0.2, 0.25) is 0 Å². The van der Waals surface area contributed by atoms with Crippen LogP contribution in [-0.4, -0.2) is 12.8 Å². The summed E-state index contributed by atoms with van der Waals surface area (Å²) in [6.45, 7) is 6.43. The summed E-state index contributed by atoms with van der Waals surface area (Å²) in [7, 11) is 0. The molecule has 0 aliphatic carbocycles. The van der Waals surface area contributed by atoms with Crippen LogP contribution in [0.5, 0.6) is 0 Å². The van der Waals surface area contributed by atoms with Gasteiger partial charge in [0.25, 0.3) is 0 Å². The lowest BCUT2D eigenvalue weighted by atomic mass is 10.1. The molecule has 0 aromatic heterocycles. The summed E-state index contributed by atoms with van der Waals surface area (Å²) < 4.78 is 10.4. The van der Waals surface area contributed by atoms with E-state index in [0.29, 0.717) is 6.61 Å². The molecule has 0 aliphatic rings. The van der Waals surface area contributed by atoms with Crippen LogP contribution in [-0.2, 0) is 9.47 Å². The largest absolute Gasteiger partial charge is 0.509 e. The second-order valence-electron chi connectivity index (χ2n) is 5.29. The van der Waals surface area contributed by atoms with Gasteiger partial charge in [-0.2, -0.15) is 0 Å². The molecule has 3 heteroatoms. The fraction of sp³-hybridized carbons (Fsp3) is 0.500. The average molecular weight is 288 g/mol. The van der Waals surface area contributed by atoms with Crippen molar-refractivity contribution >= 4 is 6.16 Å². The van der Waals surface area contributed by atoms with Gasteiger partial charge in [-0.05, 0) is 12.3 Å². The second kappa shape index (κ2) is 9.88. The van der Waals surface area contributed by atoms with Crippen LogP contribution < -0.4 is 0 Å². The third-order valence-corrected chi connectivity index (χ3v) is 2.74. The molecule has 3 nitrogen and oxygen atoms in total. The fourth-order valence-corrected chi connectivity index (χ4v) is 1.60. The highest BCUT2D eigenvalue weighted by atomic mass is 16.7. The summed E-state index contributed by atoms with van der Waals surface area (Å²) in [4.78, 5) is 11.7. The Morgan fingerprint density at radius 1 is 1.24 bits per heavy atom. The predicted octanol–water partition coefficient (Wildman–Crippen LogP) is 4.73. The molecule has 0 heterocycles. The van der Waals surface area contributed by atoms with E-state index in [1.54, 1.807) is 0 Å². The standard InChI is InChI=1S/C18H24O3/c1-4-5-6-10-13-17(16-11-8-7-9-12-16)21-18(19)20-14-15(2)3/h7-9,11-12,15,17H,4-6,14H2,1-3H3. The molecule has 0 amide bonds. The van der Waals surface area contributed by atoms with Crippen LogP contribution in [0.25, 0.3) is 0 Å². The van der Waals surface area contributed by atoms with Crippen molar-refractivity contribution < 1.29 is 14.3 Å². The van der Waals surface area contributed by atoms with Gasteiger partial charge in [0.05, 0.1) is 6.61 Å². The maximum absolute atomic E-state index is 11.7. The van der Waals surface area contributed by atoms with Gasteiger partial charge in [0.1, 0.15) is 0 Å². The Hall–Kier alpha value is -1.95.